The zero-order valence-corrected chi connectivity index (χ0v) is 26.5. The number of aromatic nitrogens is 3. The Hall–Kier alpha value is -3.44. The molecule has 1 saturated heterocycles. The van der Waals surface area contributed by atoms with E-state index in [1.54, 1.807) is 10.9 Å². The summed E-state index contributed by atoms with van der Waals surface area (Å²) in [6.07, 6.45) is 1.99. The maximum atomic E-state index is 12.0. The van der Waals surface area contributed by atoms with Gasteiger partial charge in [-0.25, -0.2) is 14.5 Å². The van der Waals surface area contributed by atoms with Crippen molar-refractivity contribution in [3.8, 4) is 23.2 Å². The average molecular weight is 612 g/mol. The molecule has 42 heavy (non-hydrogen) atoms. The van der Waals surface area contributed by atoms with E-state index in [1.807, 2.05) is 48.0 Å². The number of piperidine rings is 1. The second-order valence-electron chi connectivity index (χ2n) is 12.5. The summed E-state index contributed by atoms with van der Waals surface area (Å²) >= 11 is 0. The third-order valence-electron chi connectivity index (χ3n) is 8.55. The molecule has 1 aliphatic heterocycles. The smallest absolute Gasteiger partial charge is 0.419 e. The lowest BCUT2D eigenvalue weighted by atomic mass is 10.1. The van der Waals surface area contributed by atoms with Gasteiger partial charge < -0.3 is 18.6 Å². The van der Waals surface area contributed by atoms with E-state index in [0.717, 1.165) is 22.6 Å². The zero-order valence-electron chi connectivity index (χ0n) is 24.7. The molecule has 1 unspecified atom stereocenters. The van der Waals surface area contributed by atoms with Crippen molar-refractivity contribution in [2.45, 2.75) is 58.5 Å². The quantitative estimate of drug-likeness (QED) is 0.276. The van der Waals surface area contributed by atoms with Crippen molar-refractivity contribution in [1.29, 1.82) is 0 Å². The van der Waals surface area contributed by atoms with Crippen molar-refractivity contribution >= 4 is 24.6 Å². The second kappa shape index (κ2) is 11.0. The maximum Gasteiger partial charge on any atom is 0.419 e. The first-order valence-corrected chi connectivity index (χ1v) is 18.3. The summed E-state index contributed by atoms with van der Waals surface area (Å²) in [6, 6.07) is 9.64. The summed E-state index contributed by atoms with van der Waals surface area (Å²) in [5.74, 6) is 8.33. The minimum Gasteiger partial charge on any atom is -0.464 e. The van der Waals surface area contributed by atoms with Gasteiger partial charge in [-0.3, -0.25) is 0 Å². The number of rotatable bonds is 8. The summed E-state index contributed by atoms with van der Waals surface area (Å²) in [6.45, 7) is 14.3. The van der Waals surface area contributed by atoms with Crippen LogP contribution in [-0.4, -0.2) is 60.0 Å². The van der Waals surface area contributed by atoms with Gasteiger partial charge in [0.2, 0.25) is 0 Å². The van der Waals surface area contributed by atoms with Gasteiger partial charge >= 0.3 is 16.3 Å². The molecule has 1 aliphatic carbocycles. The monoisotopic (exact) mass is 611 g/mol. The highest BCUT2D eigenvalue weighted by molar-refractivity contribution is 7.87. The molecular formula is C29H37N5O6SSi. The minimum atomic E-state index is -4.00. The molecule has 11 nitrogen and oxygen atoms in total. The van der Waals surface area contributed by atoms with Gasteiger partial charge in [-0.05, 0) is 61.2 Å². The molecule has 0 radical (unpaired) electrons. The standard InChI is InChI=1S/C29H37N5O6SSi/c1-19(40-42(5,6)29(2,3)4)27-30-13-14-33(27)16-22-15-26(39-31-22)21-10-7-20(8-11-21)9-12-23-24-17-34(18-25(23)24)41(37,38)32-28(35)36/h7-8,10-11,13-15,19,23-25,32H,16-18H2,1-6H3,(H,35,36)/t19-,23?,24-,25+/m0/s1. The number of nitrogens with one attached hydrogen (secondary N) is 1. The fraction of sp³-hybridized carbons (Fsp3) is 0.483. The lowest BCUT2D eigenvalue weighted by Gasteiger charge is -2.38. The fourth-order valence-electron chi connectivity index (χ4n) is 5.14. The average Bonchev–Trinajstić information content (AvgIpc) is 3.38. The number of fused-ring (bicyclic) bond motifs is 1. The maximum absolute atomic E-state index is 12.0. The summed E-state index contributed by atoms with van der Waals surface area (Å²) in [5.41, 5.74) is 2.51. The van der Waals surface area contributed by atoms with Crippen LogP contribution < -0.4 is 4.72 Å². The molecule has 3 aromatic rings. The van der Waals surface area contributed by atoms with Gasteiger partial charge in [-0.2, -0.15) is 12.7 Å². The van der Waals surface area contributed by atoms with Crippen LogP contribution in [0.1, 0.15) is 50.9 Å². The Morgan fingerprint density at radius 3 is 2.52 bits per heavy atom. The van der Waals surface area contributed by atoms with Crippen molar-refractivity contribution in [3.05, 3.63) is 59.8 Å². The zero-order chi connectivity index (χ0) is 30.4. The normalized spacial score (nSPS) is 21.3. The molecule has 2 aromatic heterocycles. The molecule has 0 bridgehead atoms. The van der Waals surface area contributed by atoms with Crippen LogP contribution in [-0.2, 0) is 21.2 Å². The molecular weight excluding hydrogens is 575 g/mol. The van der Waals surface area contributed by atoms with E-state index in [2.05, 4.69) is 55.8 Å². The van der Waals surface area contributed by atoms with E-state index < -0.39 is 24.6 Å². The summed E-state index contributed by atoms with van der Waals surface area (Å²) in [5, 5.41) is 13.1. The minimum absolute atomic E-state index is 0.105. The molecule has 3 heterocycles. The highest BCUT2D eigenvalue weighted by atomic mass is 32.2. The Morgan fingerprint density at radius 1 is 1.24 bits per heavy atom. The number of imidazole rings is 1. The molecule has 0 spiro atoms. The Morgan fingerprint density at radius 2 is 1.90 bits per heavy atom. The van der Waals surface area contributed by atoms with E-state index in [1.165, 1.54) is 4.31 Å². The largest absolute Gasteiger partial charge is 0.464 e. The molecule has 5 rings (SSSR count). The number of carbonyl (C=O) groups is 1. The predicted octanol–water partition coefficient (Wildman–Crippen LogP) is 4.71. The van der Waals surface area contributed by atoms with Gasteiger partial charge in [0.1, 0.15) is 17.6 Å². The van der Waals surface area contributed by atoms with Crippen LogP contribution in [0, 0.1) is 29.6 Å². The topological polar surface area (TPSA) is 140 Å². The van der Waals surface area contributed by atoms with Gasteiger partial charge in [0.05, 0.1) is 6.54 Å². The highest BCUT2D eigenvalue weighted by Gasteiger charge is 2.57. The third kappa shape index (κ3) is 6.31. The van der Waals surface area contributed by atoms with Gasteiger partial charge in [-0.15, -0.1) is 0 Å². The van der Waals surface area contributed by atoms with Crippen LogP contribution in [0.15, 0.2) is 47.2 Å². The Bertz CT molecular complexity index is 1620. The molecule has 2 N–H and O–H groups in total. The first kappa shape index (κ1) is 30.0. The van der Waals surface area contributed by atoms with Gasteiger partial charge in [0.25, 0.3) is 0 Å². The SMILES string of the molecule is C[C@H](O[Si](C)(C)C(C)(C)C)c1nccn1Cc1cc(-c2ccc(C#CC3[C@H]4CN(S(=O)(=O)NC(=O)O)C[C@@H]34)cc2)on1. The summed E-state index contributed by atoms with van der Waals surface area (Å²) in [4.78, 5) is 15.3. The van der Waals surface area contributed by atoms with Crippen LogP contribution in [0.3, 0.4) is 0 Å². The van der Waals surface area contributed by atoms with E-state index in [0.29, 0.717) is 12.3 Å². The number of amides is 1. The predicted molar refractivity (Wildman–Crippen MR) is 159 cm³/mol. The van der Waals surface area contributed by atoms with Crippen LogP contribution in [0.25, 0.3) is 11.3 Å². The molecule has 1 amide bonds. The lowest BCUT2D eigenvalue weighted by molar-refractivity contribution is 0.189. The third-order valence-corrected chi connectivity index (χ3v) is 14.5. The summed E-state index contributed by atoms with van der Waals surface area (Å²) < 4.78 is 41.0. The Balaban J connectivity index is 1.17. The van der Waals surface area contributed by atoms with E-state index in [9.17, 15) is 13.2 Å². The van der Waals surface area contributed by atoms with Crippen molar-refractivity contribution in [3.63, 3.8) is 0 Å². The Labute approximate surface area is 247 Å². The van der Waals surface area contributed by atoms with Gasteiger partial charge in [0, 0.05) is 48.6 Å². The number of carboxylic acid groups (broad SMARTS) is 1. The first-order chi connectivity index (χ1) is 19.6. The number of hydrogen-bond acceptors (Lipinski definition) is 7. The summed E-state index contributed by atoms with van der Waals surface area (Å²) in [7, 11) is -5.96. The molecule has 2 fully saturated rings. The second-order valence-corrected chi connectivity index (χ2v) is 19.0. The number of benzene rings is 1. The molecule has 224 valence electrons. The number of nitrogens with zero attached hydrogens (tertiary/aromatic N) is 4. The first-order valence-electron chi connectivity index (χ1n) is 13.9. The van der Waals surface area contributed by atoms with E-state index in [-0.39, 0.29) is 42.0 Å². The van der Waals surface area contributed by atoms with Crippen molar-refractivity contribution in [1.82, 2.24) is 23.7 Å². The molecule has 13 heteroatoms. The molecule has 2 aliphatic rings. The number of hydrogen-bond donors (Lipinski definition) is 2. The molecule has 1 saturated carbocycles. The van der Waals surface area contributed by atoms with Crippen LogP contribution in [0.5, 0.6) is 0 Å². The van der Waals surface area contributed by atoms with Crippen molar-refractivity contribution < 1.29 is 27.3 Å². The highest BCUT2D eigenvalue weighted by Crippen LogP contribution is 2.51. The molecule has 1 aromatic carbocycles. The Kier molecular flexibility index (Phi) is 7.86. The van der Waals surface area contributed by atoms with Crippen molar-refractivity contribution in [2.75, 3.05) is 13.1 Å². The molecule has 4 atom stereocenters. The van der Waals surface area contributed by atoms with Crippen molar-refractivity contribution in [2.24, 2.45) is 17.8 Å². The van der Waals surface area contributed by atoms with Gasteiger partial charge in [0.15, 0.2) is 14.1 Å². The fourth-order valence-corrected chi connectivity index (χ4v) is 7.57. The van der Waals surface area contributed by atoms with Crippen LogP contribution in [0.4, 0.5) is 4.79 Å². The van der Waals surface area contributed by atoms with E-state index in [4.69, 9.17) is 14.1 Å². The lowest BCUT2D eigenvalue weighted by Crippen LogP contribution is -2.43. The van der Waals surface area contributed by atoms with Gasteiger partial charge in [-0.1, -0.05) is 37.8 Å². The van der Waals surface area contributed by atoms with Crippen LogP contribution >= 0.6 is 0 Å². The van der Waals surface area contributed by atoms with E-state index >= 15 is 0 Å². The van der Waals surface area contributed by atoms with Crippen LogP contribution in [0.2, 0.25) is 18.1 Å².